The van der Waals surface area contributed by atoms with Gasteiger partial charge in [-0.15, -0.1) is 0 Å². The number of pyridine rings is 1. The van der Waals surface area contributed by atoms with Crippen LogP contribution in [0.25, 0.3) is 10.9 Å². The molecule has 1 aromatic heterocycles. The quantitative estimate of drug-likeness (QED) is 0.622. The molecule has 0 radical (unpaired) electrons. The second-order valence-electron chi connectivity index (χ2n) is 5.78. The maximum Gasteiger partial charge on any atom is 0.162 e. The van der Waals surface area contributed by atoms with Crippen LogP contribution in [0.3, 0.4) is 0 Å². The van der Waals surface area contributed by atoms with E-state index in [-0.39, 0.29) is 6.61 Å². The number of rotatable bonds is 4. The molecule has 0 bridgehead atoms. The average molecular weight is 353 g/mol. The summed E-state index contributed by atoms with van der Waals surface area (Å²) >= 11 is 6.35. The Morgan fingerprint density at radius 3 is 2.64 bits per heavy atom. The van der Waals surface area contributed by atoms with Crippen LogP contribution in [0, 0.1) is 25.2 Å². The molecule has 0 saturated heterocycles. The van der Waals surface area contributed by atoms with Crippen molar-refractivity contribution >= 4 is 22.5 Å². The molecule has 3 aromatic rings. The maximum absolute atomic E-state index is 8.96. The Labute approximate surface area is 151 Å². The molecule has 0 spiro atoms. The van der Waals surface area contributed by atoms with Gasteiger partial charge in [-0.25, -0.2) is 4.98 Å². The van der Waals surface area contributed by atoms with Gasteiger partial charge in [-0.3, -0.25) is 0 Å². The van der Waals surface area contributed by atoms with Crippen LogP contribution in [0.2, 0.25) is 5.15 Å². The van der Waals surface area contributed by atoms with Crippen molar-refractivity contribution in [1.82, 2.24) is 4.98 Å². The first kappa shape index (κ1) is 17.1. The summed E-state index contributed by atoms with van der Waals surface area (Å²) in [5.41, 5.74) is 4.53. The van der Waals surface area contributed by atoms with E-state index in [0.717, 1.165) is 22.0 Å². The highest BCUT2D eigenvalue weighted by molar-refractivity contribution is 6.30. The smallest absolute Gasteiger partial charge is 0.162 e. The van der Waals surface area contributed by atoms with Gasteiger partial charge < -0.3 is 9.47 Å². The minimum absolute atomic E-state index is 0.261. The van der Waals surface area contributed by atoms with Gasteiger partial charge in [0.05, 0.1) is 24.3 Å². The lowest BCUT2D eigenvalue weighted by Gasteiger charge is -2.13. The summed E-state index contributed by atoms with van der Waals surface area (Å²) in [6, 6.07) is 13.2. The van der Waals surface area contributed by atoms with Gasteiger partial charge in [0.2, 0.25) is 0 Å². The van der Waals surface area contributed by atoms with Gasteiger partial charge in [-0.1, -0.05) is 23.7 Å². The highest BCUT2D eigenvalue weighted by Crippen LogP contribution is 2.30. The van der Waals surface area contributed by atoms with E-state index in [9.17, 15) is 0 Å². The van der Waals surface area contributed by atoms with E-state index in [1.807, 2.05) is 19.1 Å². The first-order chi connectivity index (χ1) is 12.0. The van der Waals surface area contributed by atoms with Gasteiger partial charge in [0.1, 0.15) is 11.8 Å². The Morgan fingerprint density at radius 1 is 1.12 bits per heavy atom. The van der Waals surface area contributed by atoms with Crippen molar-refractivity contribution in [3.63, 3.8) is 0 Å². The van der Waals surface area contributed by atoms with Crippen molar-refractivity contribution in [3.05, 3.63) is 63.8 Å². The molecule has 25 heavy (non-hydrogen) atoms. The lowest BCUT2D eigenvalue weighted by molar-refractivity contribution is 0.284. The molecule has 0 atom stereocenters. The van der Waals surface area contributed by atoms with Crippen LogP contribution in [-0.2, 0) is 6.61 Å². The standard InChI is InChI=1S/C20H17ClN2O2/c1-12-4-6-15-9-16(20(21)23-19(15)13(12)2)11-25-17-7-5-14(10-22)8-18(17)24-3/h4-9H,11H2,1-3H3. The van der Waals surface area contributed by atoms with Crippen LogP contribution in [-0.4, -0.2) is 12.1 Å². The van der Waals surface area contributed by atoms with Crippen LogP contribution in [0.15, 0.2) is 36.4 Å². The van der Waals surface area contributed by atoms with E-state index in [1.165, 1.54) is 5.56 Å². The third-order valence-electron chi connectivity index (χ3n) is 4.21. The minimum Gasteiger partial charge on any atom is -0.493 e. The molecule has 126 valence electrons. The van der Waals surface area contributed by atoms with Gasteiger partial charge in [0.15, 0.2) is 11.5 Å². The van der Waals surface area contributed by atoms with Gasteiger partial charge >= 0.3 is 0 Å². The Hall–Kier alpha value is -2.77. The highest BCUT2D eigenvalue weighted by Gasteiger charge is 2.11. The van der Waals surface area contributed by atoms with E-state index < -0.39 is 0 Å². The second-order valence-corrected chi connectivity index (χ2v) is 6.14. The maximum atomic E-state index is 8.96. The first-order valence-electron chi connectivity index (χ1n) is 7.79. The number of methoxy groups -OCH3 is 1. The molecule has 5 heteroatoms. The van der Waals surface area contributed by atoms with E-state index in [1.54, 1.807) is 25.3 Å². The summed E-state index contributed by atoms with van der Waals surface area (Å²) < 4.78 is 11.1. The predicted octanol–water partition coefficient (Wildman–Crippen LogP) is 4.96. The largest absolute Gasteiger partial charge is 0.493 e. The fourth-order valence-corrected chi connectivity index (χ4v) is 2.81. The first-order valence-corrected chi connectivity index (χ1v) is 8.17. The number of aromatic nitrogens is 1. The van der Waals surface area contributed by atoms with Crippen LogP contribution < -0.4 is 9.47 Å². The van der Waals surface area contributed by atoms with Gasteiger partial charge in [-0.05, 0) is 43.2 Å². The van der Waals surface area contributed by atoms with Crippen molar-refractivity contribution in [2.75, 3.05) is 7.11 Å². The number of halogens is 1. The zero-order valence-corrected chi connectivity index (χ0v) is 15.0. The van der Waals surface area contributed by atoms with Gasteiger partial charge in [-0.2, -0.15) is 5.26 Å². The molecule has 0 aliphatic carbocycles. The zero-order valence-electron chi connectivity index (χ0n) is 14.3. The number of benzene rings is 2. The van der Waals surface area contributed by atoms with Crippen molar-refractivity contribution < 1.29 is 9.47 Å². The molecule has 0 N–H and O–H groups in total. The zero-order chi connectivity index (χ0) is 18.0. The Bertz CT molecular complexity index is 993. The van der Waals surface area contributed by atoms with Crippen LogP contribution in [0.1, 0.15) is 22.3 Å². The summed E-state index contributed by atoms with van der Waals surface area (Å²) in [7, 11) is 1.54. The molecule has 2 aromatic carbocycles. The average Bonchev–Trinajstić information content (AvgIpc) is 2.63. The van der Waals surface area contributed by atoms with Gasteiger partial charge in [0, 0.05) is 17.0 Å². The van der Waals surface area contributed by atoms with E-state index >= 15 is 0 Å². The van der Waals surface area contributed by atoms with Crippen molar-refractivity contribution in [2.24, 2.45) is 0 Å². The van der Waals surface area contributed by atoms with Crippen molar-refractivity contribution in [3.8, 4) is 17.6 Å². The lowest BCUT2D eigenvalue weighted by atomic mass is 10.0. The number of ether oxygens (including phenoxy) is 2. The Morgan fingerprint density at radius 2 is 1.92 bits per heavy atom. The molecule has 0 aliphatic heterocycles. The normalized spacial score (nSPS) is 10.5. The van der Waals surface area contributed by atoms with E-state index in [2.05, 4.69) is 24.0 Å². The lowest BCUT2D eigenvalue weighted by Crippen LogP contribution is -2.01. The number of fused-ring (bicyclic) bond motifs is 1. The second kappa shape index (κ2) is 7.00. The summed E-state index contributed by atoms with van der Waals surface area (Å²) in [6.07, 6.45) is 0. The molecule has 1 heterocycles. The SMILES string of the molecule is COc1cc(C#N)ccc1OCc1cc2ccc(C)c(C)c2nc1Cl. The van der Waals surface area contributed by atoms with Crippen LogP contribution >= 0.6 is 11.6 Å². The van der Waals surface area contributed by atoms with Crippen LogP contribution in [0.5, 0.6) is 11.5 Å². The molecule has 0 saturated carbocycles. The Kier molecular flexibility index (Phi) is 4.78. The molecular formula is C20H17ClN2O2. The topological polar surface area (TPSA) is 55.1 Å². The Balaban J connectivity index is 1.90. The molecule has 0 fully saturated rings. The molecule has 0 amide bonds. The third-order valence-corrected chi connectivity index (χ3v) is 4.54. The van der Waals surface area contributed by atoms with E-state index in [4.69, 9.17) is 26.3 Å². The summed E-state index contributed by atoms with van der Waals surface area (Å²) in [5, 5.41) is 10.4. The fraction of sp³-hybridized carbons (Fsp3) is 0.200. The third kappa shape index (κ3) is 3.38. The number of aryl methyl sites for hydroxylation is 2. The monoisotopic (exact) mass is 352 g/mol. The predicted molar refractivity (Wildman–Crippen MR) is 98.3 cm³/mol. The molecule has 0 unspecified atom stereocenters. The van der Waals surface area contributed by atoms with Crippen molar-refractivity contribution in [1.29, 1.82) is 5.26 Å². The molecule has 3 rings (SSSR count). The number of nitrogens with zero attached hydrogens (tertiary/aromatic N) is 2. The summed E-state index contributed by atoms with van der Waals surface area (Å²) in [4.78, 5) is 4.53. The number of nitriles is 1. The fourth-order valence-electron chi connectivity index (χ4n) is 2.62. The van der Waals surface area contributed by atoms with Gasteiger partial charge in [0.25, 0.3) is 0 Å². The molecular weight excluding hydrogens is 336 g/mol. The number of hydrogen-bond acceptors (Lipinski definition) is 4. The van der Waals surface area contributed by atoms with Crippen LogP contribution in [0.4, 0.5) is 0 Å². The number of hydrogen-bond donors (Lipinski definition) is 0. The molecule has 0 aliphatic rings. The van der Waals surface area contributed by atoms with E-state index in [0.29, 0.717) is 22.2 Å². The minimum atomic E-state index is 0.261. The van der Waals surface area contributed by atoms with Crippen molar-refractivity contribution in [2.45, 2.75) is 20.5 Å². The summed E-state index contributed by atoms with van der Waals surface area (Å²) in [5.74, 6) is 1.06. The summed E-state index contributed by atoms with van der Waals surface area (Å²) in [6.45, 7) is 4.36. The molecule has 4 nitrogen and oxygen atoms in total. The highest BCUT2D eigenvalue weighted by atomic mass is 35.5.